The summed E-state index contributed by atoms with van der Waals surface area (Å²) in [6.07, 6.45) is 1.77. The molecular formula is C21H23FN4OS2. The zero-order chi connectivity index (χ0) is 20.8. The van der Waals surface area contributed by atoms with Gasteiger partial charge >= 0.3 is 0 Å². The molecule has 8 heteroatoms. The maximum Gasteiger partial charge on any atom is 0.256 e. The third-order valence-electron chi connectivity index (χ3n) is 4.17. The first-order chi connectivity index (χ1) is 14.0. The second kappa shape index (κ2) is 9.84. The van der Waals surface area contributed by atoms with Crippen molar-refractivity contribution in [3.63, 3.8) is 0 Å². The molecular weight excluding hydrogens is 407 g/mol. The molecule has 0 unspecified atom stereocenters. The van der Waals surface area contributed by atoms with E-state index in [2.05, 4.69) is 28.7 Å². The summed E-state index contributed by atoms with van der Waals surface area (Å²) in [6.45, 7) is 4.94. The third kappa shape index (κ3) is 5.55. The maximum absolute atomic E-state index is 13.7. The SMILES string of the molecule is CNC(=S)OCc1nc(C(C)C)c(Sc2cccc(F)c2)n1Cc1ccccn1. The first-order valence-corrected chi connectivity index (χ1v) is 10.5. The molecule has 0 bridgehead atoms. The van der Waals surface area contributed by atoms with E-state index in [0.29, 0.717) is 11.7 Å². The minimum atomic E-state index is -0.264. The molecule has 0 aliphatic rings. The first-order valence-electron chi connectivity index (χ1n) is 9.25. The monoisotopic (exact) mass is 430 g/mol. The Hall–Kier alpha value is -2.45. The normalized spacial score (nSPS) is 10.9. The highest BCUT2D eigenvalue weighted by molar-refractivity contribution is 7.99. The van der Waals surface area contributed by atoms with Crippen molar-refractivity contribution in [2.24, 2.45) is 0 Å². The van der Waals surface area contributed by atoms with Gasteiger partial charge in [-0.25, -0.2) is 9.37 Å². The Morgan fingerprint density at radius 2 is 2.10 bits per heavy atom. The van der Waals surface area contributed by atoms with Crippen LogP contribution in [0.1, 0.15) is 37.0 Å². The zero-order valence-electron chi connectivity index (χ0n) is 16.6. The Balaban J connectivity index is 2.04. The van der Waals surface area contributed by atoms with Gasteiger partial charge in [-0.2, -0.15) is 0 Å². The number of ether oxygens (including phenoxy) is 1. The number of nitrogens with zero attached hydrogens (tertiary/aromatic N) is 3. The second-order valence-electron chi connectivity index (χ2n) is 6.67. The number of benzene rings is 1. The summed E-state index contributed by atoms with van der Waals surface area (Å²) in [6, 6.07) is 12.4. The molecule has 2 heterocycles. The average molecular weight is 431 g/mol. The highest BCUT2D eigenvalue weighted by atomic mass is 32.2. The van der Waals surface area contributed by atoms with Crippen molar-refractivity contribution in [3.8, 4) is 0 Å². The predicted octanol–water partition coefficient (Wildman–Crippen LogP) is 4.76. The Bertz CT molecular complexity index is 976. The van der Waals surface area contributed by atoms with Crippen molar-refractivity contribution >= 4 is 29.2 Å². The lowest BCUT2D eigenvalue weighted by Crippen LogP contribution is -2.20. The molecule has 0 atom stereocenters. The van der Waals surface area contributed by atoms with Crippen LogP contribution in [0.4, 0.5) is 4.39 Å². The lowest BCUT2D eigenvalue weighted by molar-refractivity contribution is 0.272. The van der Waals surface area contributed by atoms with Crippen LogP contribution in [0.5, 0.6) is 0 Å². The van der Waals surface area contributed by atoms with Crippen LogP contribution in [0, 0.1) is 5.82 Å². The molecule has 3 aromatic rings. The standard InChI is InChI=1S/C21H23FN4OS2/c1-14(2)19-20(29-17-9-6-7-15(22)11-17)26(12-16-8-4-5-10-24-16)18(25-19)13-27-21(28)23-3/h4-11,14H,12-13H2,1-3H3,(H,23,28). The van der Waals surface area contributed by atoms with Crippen molar-refractivity contribution in [2.45, 2.75) is 42.8 Å². The van der Waals surface area contributed by atoms with E-state index in [4.69, 9.17) is 21.9 Å². The number of imidazole rings is 1. The number of aromatic nitrogens is 3. The molecule has 152 valence electrons. The van der Waals surface area contributed by atoms with Crippen molar-refractivity contribution in [1.29, 1.82) is 0 Å². The molecule has 0 saturated carbocycles. The minimum Gasteiger partial charge on any atom is -0.463 e. The number of thiocarbonyl (C=S) groups is 1. The number of halogens is 1. The van der Waals surface area contributed by atoms with Crippen molar-refractivity contribution in [3.05, 3.63) is 71.7 Å². The van der Waals surface area contributed by atoms with E-state index >= 15 is 0 Å². The number of nitrogens with one attached hydrogen (secondary N) is 1. The Morgan fingerprint density at radius 1 is 1.28 bits per heavy atom. The molecule has 0 radical (unpaired) electrons. The lowest BCUT2D eigenvalue weighted by Gasteiger charge is -2.14. The molecule has 0 fully saturated rings. The van der Waals surface area contributed by atoms with Gasteiger partial charge in [-0.1, -0.05) is 37.7 Å². The topological polar surface area (TPSA) is 52.0 Å². The van der Waals surface area contributed by atoms with E-state index in [-0.39, 0.29) is 18.3 Å². The average Bonchev–Trinajstić information content (AvgIpc) is 3.04. The maximum atomic E-state index is 13.7. The number of hydrogen-bond acceptors (Lipinski definition) is 5. The van der Waals surface area contributed by atoms with Gasteiger partial charge in [0, 0.05) is 18.1 Å². The third-order valence-corrected chi connectivity index (χ3v) is 5.60. The fourth-order valence-corrected chi connectivity index (χ4v) is 4.02. The van der Waals surface area contributed by atoms with E-state index in [9.17, 15) is 4.39 Å². The van der Waals surface area contributed by atoms with Crippen LogP contribution in [0.15, 0.2) is 58.6 Å². The quantitative estimate of drug-likeness (QED) is 0.546. The van der Waals surface area contributed by atoms with Crippen molar-refractivity contribution in [1.82, 2.24) is 19.9 Å². The largest absolute Gasteiger partial charge is 0.463 e. The van der Waals surface area contributed by atoms with Crippen LogP contribution >= 0.6 is 24.0 Å². The zero-order valence-corrected chi connectivity index (χ0v) is 18.2. The second-order valence-corrected chi connectivity index (χ2v) is 8.10. The molecule has 2 aromatic heterocycles. The van der Waals surface area contributed by atoms with Gasteiger partial charge in [0.25, 0.3) is 5.17 Å². The minimum absolute atomic E-state index is 0.186. The fraction of sp³-hybridized carbons (Fsp3) is 0.286. The molecule has 0 spiro atoms. The molecule has 0 aliphatic heterocycles. The lowest BCUT2D eigenvalue weighted by atomic mass is 10.1. The van der Waals surface area contributed by atoms with Gasteiger partial charge in [0.1, 0.15) is 23.3 Å². The summed E-state index contributed by atoms with van der Waals surface area (Å²) in [5.41, 5.74) is 1.84. The van der Waals surface area contributed by atoms with Gasteiger partial charge in [0.2, 0.25) is 0 Å². The molecule has 1 N–H and O–H groups in total. The Morgan fingerprint density at radius 3 is 2.76 bits per heavy atom. The Kier molecular flexibility index (Phi) is 7.22. The summed E-state index contributed by atoms with van der Waals surface area (Å²) >= 11 is 6.60. The van der Waals surface area contributed by atoms with Crippen molar-refractivity contribution in [2.75, 3.05) is 7.05 Å². The number of rotatable bonds is 7. The first kappa shape index (κ1) is 21.3. The smallest absolute Gasteiger partial charge is 0.256 e. The predicted molar refractivity (Wildman–Crippen MR) is 117 cm³/mol. The van der Waals surface area contributed by atoms with Crippen LogP contribution in [-0.4, -0.2) is 26.8 Å². The van der Waals surface area contributed by atoms with Crippen LogP contribution in [0.3, 0.4) is 0 Å². The molecule has 0 aliphatic carbocycles. The van der Waals surface area contributed by atoms with E-state index < -0.39 is 0 Å². The summed E-state index contributed by atoms with van der Waals surface area (Å²) in [7, 11) is 1.72. The van der Waals surface area contributed by atoms with Crippen LogP contribution < -0.4 is 5.32 Å². The summed E-state index contributed by atoms with van der Waals surface area (Å²) in [5.74, 6) is 0.668. The molecule has 1 aromatic carbocycles. The van der Waals surface area contributed by atoms with E-state index in [0.717, 1.165) is 27.1 Å². The van der Waals surface area contributed by atoms with Crippen LogP contribution in [0.2, 0.25) is 0 Å². The summed E-state index contributed by atoms with van der Waals surface area (Å²) < 4.78 is 21.4. The van der Waals surface area contributed by atoms with E-state index in [1.165, 1.54) is 23.9 Å². The van der Waals surface area contributed by atoms with Gasteiger partial charge in [-0.05, 0) is 48.5 Å². The van der Waals surface area contributed by atoms with Gasteiger partial charge in [-0.3, -0.25) is 4.98 Å². The summed E-state index contributed by atoms with van der Waals surface area (Å²) in [4.78, 5) is 10.1. The van der Waals surface area contributed by atoms with E-state index in [1.807, 2.05) is 24.3 Å². The highest BCUT2D eigenvalue weighted by Gasteiger charge is 2.21. The van der Waals surface area contributed by atoms with E-state index in [1.54, 1.807) is 19.3 Å². The van der Waals surface area contributed by atoms with Crippen molar-refractivity contribution < 1.29 is 9.13 Å². The number of hydrogen-bond donors (Lipinski definition) is 1. The van der Waals surface area contributed by atoms with Gasteiger partial charge in [0.15, 0.2) is 0 Å². The molecule has 29 heavy (non-hydrogen) atoms. The highest BCUT2D eigenvalue weighted by Crippen LogP contribution is 2.35. The molecule has 3 rings (SSSR count). The summed E-state index contributed by atoms with van der Waals surface area (Å²) in [5, 5.41) is 4.07. The van der Waals surface area contributed by atoms with Crippen LogP contribution in [-0.2, 0) is 17.9 Å². The van der Waals surface area contributed by atoms with Crippen LogP contribution in [0.25, 0.3) is 0 Å². The van der Waals surface area contributed by atoms with Gasteiger partial charge in [-0.15, -0.1) is 0 Å². The molecule has 0 amide bonds. The molecule has 5 nitrogen and oxygen atoms in total. The van der Waals surface area contributed by atoms with Gasteiger partial charge < -0.3 is 14.6 Å². The fourth-order valence-electron chi connectivity index (χ4n) is 2.76. The Labute approximate surface area is 179 Å². The molecule has 0 saturated heterocycles. The number of pyridine rings is 1. The van der Waals surface area contributed by atoms with Gasteiger partial charge in [0.05, 0.1) is 17.9 Å².